The van der Waals surface area contributed by atoms with E-state index in [-0.39, 0.29) is 11.3 Å². The molecule has 1 aromatic heterocycles. The number of allylic oxidation sites excluding steroid dienone is 1. The maximum atomic E-state index is 11.5. The van der Waals surface area contributed by atoms with E-state index in [1.165, 1.54) is 11.3 Å². The molecular formula is C14H13NO2S. The Morgan fingerprint density at radius 1 is 1.44 bits per heavy atom. The zero-order valence-corrected chi connectivity index (χ0v) is 10.6. The number of phenolic OH excluding ortho intramolecular Hbond substituents is 1. The van der Waals surface area contributed by atoms with E-state index in [1.807, 2.05) is 6.07 Å². The molecule has 1 aromatic carbocycles. The molecule has 1 heterocycles. The molecule has 0 aliphatic carbocycles. The van der Waals surface area contributed by atoms with Crippen LogP contribution < -0.4 is 14.8 Å². The van der Waals surface area contributed by atoms with Gasteiger partial charge in [0.15, 0.2) is 0 Å². The van der Waals surface area contributed by atoms with Gasteiger partial charge in [-0.25, -0.2) is 0 Å². The Hall–Kier alpha value is -2.07. The van der Waals surface area contributed by atoms with E-state index >= 15 is 0 Å². The number of rotatable bonds is 3. The summed E-state index contributed by atoms with van der Waals surface area (Å²) >= 11 is 1.32. The van der Waals surface area contributed by atoms with Gasteiger partial charge in [0.1, 0.15) is 5.75 Å². The number of aromatic nitrogens is 1. The first-order chi connectivity index (χ1) is 8.60. The number of nitrogens with one attached hydrogen (secondary N) is 1. The van der Waals surface area contributed by atoms with Gasteiger partial charge in [0, 0.05) is 0 Å². The van der Waals surface area contributed by atoms with Crippen LogP contribution in [0.1, 0.15) is 11.1 Å². The van der Waals surface area contributed by atoms with Crippen molar-refractivity contribution in [1.82, 2.24) is 4.98 Å². The molecule has 92 valence electrons. The Bertz CT molecular complexity index is 740. The van der Waals surface area contributed by atoms with E-state index in [0.29, 0.717) is 15.6 Å². The normalized spacial score (nSPS) is 11.7. The van der Waals surface area contributed by atoms with E-state index in [4.69, 9.17) is 0 Å². The summed E-state index contributed by atoms with van der Waals surface area (Å²) < 4.78 is 1.24. The number of H-pyrrole nitrogens is 1. The third-order valence-corrected chi connectivity index (χ3v) is 3.35. The number of phenols is 1. The van der Waals surface area contributed by atoms with E-state index in [2.05, 4.69) is 18.1 Å². The van der Waals surface area contributed by atoms with Crippen LogP contribution in [0.4, 0.5) is 0 Å². The lowest BCUT2D eigenvalue weighted by atomic mass is 10.1. The predicted molar refractivity (Wildman–Crippen MR) is 75.3 cm³/mol. The van der Waals surface area contributed by atoms with Crippen LogP contribution in [0.2, 0.25) is 0 Å². The Morgan fingerprint density at radius 3 is 2.83 bits per heavy atom. The highest BCUT2D eigenvalue weighted by atomic mass is 32.1. The Balaban J connectivity index is 2.53. The highest BCUT2D eigenvalue weighted by Gasteiger charge is 2.00. The lowest BCUT2D eigenvalue weighted by Crippen LogP contribution is -2.19. The highest BCUT2D eigenvalue weighted by Crippen LogP contribution is 2.19. The maximum absolute atomic E-state index is 11.5. The number of hydrogen-bond donors (Lipinski definition) is 2. The van der Waals surface area contributed by atoms with E-state index in [9.17, 15) is 9.90 Å². The average Bonchev–Trinajstić information content (AvgIpc) is 2.62. The molecule has 3 nitrogen and oxygen atoms in total. The van der Waals surface area contributed by atoms with E-state index < -0.39 is 0 Å². The van der Waals surface area contributed by atoms with Crippen molar-refractivity contribution in [2.75, 3.05) is 0 Å². The van der Waals surface area contributed by atoms with Gasteiger partial charge >= 0.3 is 0 Å². The van der Waals surface area contributed by atoms with Crippen LogP contribution in [0.25, 0.3) is 12.7 Å². The molecule has 0 atom stereocenters. The first-order valence-corrected chi connectivity index (χ1v) is 6.24. The third kappa shape index (κ3) is 2.60. The molecule has 0 saturated heterocycles. The number of thiazole rings is 1. The van der Waals surface area contributed by atoms with E-state index in [1.54, 1.807) is 24.3 Å². The average molecular weight is 259 g/mol. The minimum atomic E-state index is -0.136. The fourth-order valence-corrected chi connectivity index (χ4v) is 2.40. The molecular weight excluding hydrogens is 246 g/mol. The summed E-state index contributed by atoms with van der Waals surface area (Å²) in [5.41, 5.74) is 1.53. The molecule has 18 heavy (non-hydrogen) atoms. The van der Waals surface area contributed by atoms with Crippen LogP contribution in [0.3, 0.4) is 0 Å². The first kappa shape index (κ1) is 12.4. The molecule has 0 amide bonds. The molecule has 2 N–H and O–H groups in total. The van der Waals surface area contributed by atoms with Gasteiger partial charge < -0.3 is 10.1 Å². The summed E-state index contributed by atoms with van der Waals surface area (Å²) in [5, 5.41) is 9.65. The number of hydrogen-bond acceptors (Lipinski definition) is 3. The molecule has 2 rings (SSSR count). The number of aromatic hydroxyl groups is 1. The minimum absolute atomic E-state index is 0.136. The summed E-state index contributed by atoms with van der Waals surface area (Å²) in [5.74, 6) is 0.241. The van der Waals surface area contributed by atoms with Crippen LogP contribution in [0.5, 0.6) is 5.75 Å². The van der Waals surface area contributed by atoms with Gasteiger partial charge in [0.05, 0.1) is 9.20 Å². The zero-order chi connectivity index (χ0) is 13.1. The van der Waals surface area contributed by atoms with Crippen molar-refractivity contribution in [2.24, 2.45) is 0 Å². The first-order valence-electron chi connectivity index (χ1n) is 5.42. The standard InChI is InChI=1S/C14H13NO2S/c1-3-4-11-7-10(5-6-12(11)16)8-13-14(17)15-9(2)18-13/h3,5-8,16H,1-2,4H2,(H,15,17)/b13-8-. The van der Waals surface area contributed by atoms with Crippen molar-refractivity contribution in [3.05, 3.63) is 61.5 Å². The van der Waals surface area contributed by atoms with Crippen LogP contribution in [-0.2, 0) is 6.42 Å². The van der Waals surface area contributed by atoms with Gasteiger partial charge in [0.2, 0.25) is 0 Å². The molecule has 0 aliphatic rings. The van der Waals surface area contributed by atoms with E-state index in [0.717, 1.165) is 11.1 Å². The van der Waals surface area contributed by atoms with Gasteiger partial charge in [-0.3, -0.25) is 4.79 Å². The molecule has 0 saturated carbocycles. The smallest absolute Gasteiger partial charge is 0.266 e. The molecule has 0 bridgehead atoms. The van der Waals surface area contributed by atoms with Crippen LogP contribution >= 0.6 is 11.3 Å². The second kappa shape index (κ2) is 5.06. The van der Waals surface area contributed by atoms with Crippen molar-refractivity contribution in [3.63, 3.8) is 0 Å². The summed E-state index contributed by atoms with van der Waals surface area (Å²) in [4.78, 5) is 14.2. The van der Waals surface area contributed by atoms with Crippen molar-refractivity contribution >= 4 is 24.0 Å². The van der Waals surface area contributed by atoms with Crippen molar-refractivity contribution in [1.29, 1.82) is 0 Å². The van der Waals surface area contributed by atoms with Gasteiger partial charge in [-0.05, 0) is 35.8 Å². The predicted octanol–water partition coefficient (Wildman–Crippen LogP) is 1.11. The van der Waals surface area contributed by atoms with Gasteiger partial charge in [-0.1, -0.05) is 18.7 Å². The Labute approximate surface area is 108 Å². The Morgan fingerprint density at radius 2 is 2.22 bits per heavy atom. The number of benzene rings is 1. The maximum Gasteiger partial charge on any atom is 0.266 e. The molecule has 0 unspecified atom stereocenters. The van der Waals surface area contributed by atoms with Gasteiger partial charge in [0.25, 0.3) is 5.56 Å². The molecule has 4 heteroatoms. The fraction of sp³-hybridized carbons (Fsp3) is 0.0714. The second-order valence-corrected chi connectivity index (χ2v) is 5.01. The quantitative estimate of drug-likeness (QED) is 0.811. The monoisotopic (exact) mass is 259 g/mol. The molecule has 0 fully saturated rings. The zero-order valence-electron chi connectivity index (χ0n) is 9.77. The van der Waals surface area contributed by atoms with Crippen LogP contribution in [0.15, 0.2) is 35.6 Å². The van der Waals surface area contributed by atoms with Gasteiger partial charge in [-0.2, -0.15) is 0 Å². The minimum Gasteiger partial charge on any atom is -0.508 e. The topological polar surface area (TPSA) is 53.1 Å². The summed E-state index contributed by atoms with van der Waals surface area (Å²) in [7, 11) is 0. The number of aromatic amines is 1. The van der Waals surface area contributed by atoms with Crippen LogP contribution in [0, 0.1) is 0 Å². The summed E-state index contributed by atoms with van der Waals surface area (Å²) in [6.45, 7) is 7.34. The van der Waals surface area contributed by atoms with Crippen LogP contribution in [-0.4, -0.2) is 10.1 Å². The second-order valence-electron chi connectivity index (χ2n) is 3.87. The molecule has 0 aliphatic heterocycles. The van der Waals surface area contributed by atoms with Gasteiger partial charge in [-0.15, -0.1) is 17.9 Å². The molecule has 0 radical (unpaired) electrons. The van der Waals surface area contributed by atoms with Crippen molar-refractivity contribution in [2.45, 2.75) is 6.42 Å². The van der Waals surface area contributed by atoms with Crippen molar-refractivity contribution in [3.8, 4) is 5.75 Å². The third-order valence-electron chi connectivity index (χ3n) is 2.48. The largest absolute Gasteiger partial charge is 0.508 e. The fourth-order valence-electron chi connectivity index (χ4n) is 1.65. The SMILES string of the molecule is C=CCc1cc(/C=c2\sc(=C)[nH]c2=O)ccc1O. The summed E-state index contributed by atoms with van der Waals surface area (Å²) in [6, 6.07) is 5.24. The molecule has 0 spiro atoms. The Kier molecular flexibility index (Phi) is 3.48. The summed E-state index contributed by atoms with van der Waals surface area (Å²) in [6.07, 6.45) is 4.10. The lowest BCUT2D eigenvalue weighted by molar-refractivity contribution is 0.469. The van der Waals surface area contributed by atoms with Crippen molar-refractivity contribution < 1.29 is 5.11 Å². The highest BCUT2D eigenvalue weighted by molar-refractivity contribution is 7.07. The molecule has 2 aromatic rings. The lowest BCUT2D eigenvalue weighted by Gasteiger charge is -2.02.